The molecule has 3 rings (SSSR count). The molecular weight excluding hydrogens is 364 g/mol. The Bertz CT molecular complexity index is 786. The van der Waals surface area contributed by atoms with Gasteiger partial charge in [0, 0.05) is 43.7 Å². The highest BCUT2D eigenvalue weighted by atomic mass is 16.4. The lowest BCUT2D eigenvalue weighted by Gasteiger charge is -2.41. The van der Waals surface area contributed by atoms with Gasteiger partial charge >= 0.3 is 5.97 Å². The van der Waals surface area contributed by atoms with Crippen molar-refractivity contribution in [1.29, 1.82) is 0 Å². The van der Waals surface area contributed by atoms with Crippen LogP contribution in [-0.2, 0) is 9.59 Å². The van der Waals surface area contributed by atoms with Crippen molar-refractivity contribution >= 4 is 17.6 Å². The summed E-state index contributed by atoms with van der Waals surface area (Å²) in [4.78, 5) is 28.2. The van der Waals surface area contributed by atoms with Gasteiger partial charge in [0.05, 0.1) is 0 Å². The van der Waals surface area contributed by atoms with Crippen molar-refractivity contribution in [2.24, 2.45) is 0 Å². The third-order valence-electron chi connectivity index (χ3n) is 5.78. The number of anilines is 1. The average Bonchev–Trinajstić information content (AvgIpc) is 2.75. The molecule has 1 aliphatic rings. The molecule has 1 unspecified atom stereocenters. The number of carboxylic acids is 1. The van der Waals surface area contributed by atoms with E-state index in [1.165, 1.54) is 5.56 Å². The molecule has 0 radical (unpaired) electrons. The van der Waals surface area contributed by atoms with Crippen molar-refractivity contribution in [3.05, 3.63) is 66.2 Å². The van der Waals surface area contributed by atoms with Gasteiger partial charge < -0.3 is 10.0 Å². The third-order valence-corrected chi connectivity index (χ3v) is 5.78. The summed E-state index contributed by atoms with van der Waals surface area (Å²) in [6.45, 7) is 4.11. The van der Waals surface area contributed by atoms with Crippen LogP contribution in [0.25, 0.3) is 0 Å². The summed E-state index contributed by atoms with van der Waals surface area (Å²) in [5.74, 6) is -0.834. The number of nitrogens with zero attached hydrogens (tertiary/aromatic N) is 2. The largest absolute Gasteiger partial charge is 0.481 e. The molecule has 1 atom stereocenters. The van der Waals surface area contributed by atoms with Crippen LogP contribution in [0.1, 0.15) is 50.6 Å². The molecule has 2 aromatic carbocycles. The number of benzene rings is 2. The number of rotatable bonds is 8. The average molecular weight is 395 g/mol. The van der Waals surface area contributed by atoms with E-state index in [4.69, 9.17) is 5.11 Å². The SMILES string of the molecule is CC(c1ccccc1)N1CCC(N(C(=O)CCCC(=O)O)c2ccccc2)CC1. The Morgan fingerprint density at radius 3 is 2.17 bits per heavy atom. The van der Waals surface area contributed by atoms with Crippen LogP contribution in [-0.4, -0.2) is 41.0 Å². The molecule has 0 aromatic heterocycles. The fourth-order valence-electron chi connectivity index (χ4n) is 4.13. The number of hydrogen-bond donors (Lipinski definition) is 1. The number of amides is 1. The molecule has 154 valence electrons. The second kappa shape index (κ2) is 10.2. The summed E-state index contributed by atoms with van der Waals surface area (Å²) in [5.41, 5.74) is 2.22. The number of carboxylic acid groups (broad SMARTS) is 1. The quantitative estimate of drug-likeness (QED) is 0.716. The molecule has 0 saturated carbocycles. The number of hydrogen-bond acceptors (Lipinski definition) is 3. The van der Waals surface area contributed by atoms with Gasteiger partial charge in [0.1, 0.15) is 0 Å². The molecule has 1 heterocycles. The Balaban J connectivity index is 1.66. The summed E-state index contributed by atoms with van der Waals surface area (Å²) < 4.78 is 0. The Kier molecular flexibility index (Phi) is 7.42. The van der Waals surface area contributed by atoms with Crippen molar-refractivity contribution in [3.8, 4) is 0 Å². The van der Waals surface area contributed by atoms with E-state index in [1.807, 2.05) is 41.3 Å². The van der Waals surface area contributed by atoms with Gasteiger partial charge in [-0.2, -0.15) is 0 Å². The first-order valence-corrected chi connectivity index (χ1v) is 10.4. The van der Waals surface area contributed by atoms with E-state index in [9.17, 15) is 9.59 Å². The first kappa shape index (κ1) is 21.1. The van der Waals surface area contributed by atoms with E-state index in [2.05, 4.69) is 36.1 Å². The minimum atomic E-state index is -0.854. The molecule has 1 amide bonds. The highest BCUT2D eigenvalue weighted by molar-refractivity contribution is 5.94. The summed E-state index contributed by atoms with van der Waals surface area (Å²) in [7, 11) is 0. The summed E-state index contributed by atoms with van der Waals surface area (Å²) in [6.07, 6.45) is 2.50. The predicted octanol–water partition coefficient (Wildman–Crippen LogP) is 4.50. The van der Waals surface area contributed by atoms with Gasteiger partial charge in [-0.15, -0.1) is 0 Å². The molecule has 29 heavy (non-hydrogen) atoms. The molecule has 5 heteroatoms. The predicted molar refractivity (Wildman–Crippen MR) is 115 cm³/mol. The zero-order valence-electron chi connectivity index (χ0n) is 17.0. The molecule has 1 fully saturated rings. The lowest BCUT2D eigenvalue weighted by molar-refractivity contribution is -0.137. The third kappa shape index (κ3) is 5.67. The van der Waals surface area contributed by atoms with Crippen molar-refractivity contribution in [3.63, 3.8) is 0 Å². The van der Waals surface area contributed by atoms with Gasteiger partial charge in [-0.05, 0) is 43.9 Å². The lowest BCUT2D eigenvalue weighted by atomic mass is 9.98. The number of aliphatic carboxylic acids is 1. The van der Waals surface area contributed by atoms with Crippen LogP contribution in [0.5, 0.6) is 0 Å². The van der Waals surface area contributed by atoms with Gasteiger partial charge in [-0.25, -0.2) is 0 Å². The van der Waals surface area contributed by atoms with Crippen LogP contribution in [0.15, 0.2) is 60.7 Å². The normalized spacial score (nSPS) is 16.3. The second-order valence-corrected chi connectivity index (χ2v) is 7.70. The Morgan fingerprint density at radius 2 is 1.59 bits per heavy atom. The topological polar surface area (TPSA) is 60.9 Å². The molecule has 1 aliphatic heterocycles. The Labute approximate surface area is 172 Å². The fraction of sp³-hybridized carbons (Fsp3) is 0.417. The van der Waals surface area contributed by atoms with Gasteiger partial charge in [0.25, 0.3) is 0 Å². The van der Waals surface area contributed by atoms with Crippen LogP contribution in [0.4, 0.5) is 5.69 Å². The van der Waals surface area contributed by atoms with Gasteiger partial charge in [0.2, 0.25) is 5.91 Å². The molecule has 2 aromatic rings. The molecule has 1 N–H and O–H groups in total. The van der Waals surface area contributed by atoms with Gasteiger partial charge in [-0.3, -0.25) is 14.5 Å². The van der Waals surface area contributed by atoms with Gasteiger partial charge in [0.15, 0.2) is 0 Å². The maximum Gasteiger partial charge on any atom is 0.303 e. The minimum absolute atomic E-state index is 0.0204. The van der Waals surface area contributed by atoms with E-state index in [0.717, 1.165) is 31.6 Å². The zero-order valence-corrected chi connectivity index (χ0v) is 17.0. The van der Waals surface area contributed by atoms with Crippen molar-refractivity contribution in [1.82, 2.24) is 4.90 Å². The molecule has 0 bridgehead atoms. The van der Waals surface area contributed by atoms with Crippen LogP contribution < -0.4 is 4.90 Å². The lowest BCUT2D eigenvalue weighted by Crippen LogP contribution is -2.48. The standard InChI is InChI=1S/C24H30N2O3/c1-19(20-9-4-2-5-10-20)25-17-15-22(16-18-25)26(21-11-6-3-7-12-21)23(27)13-8-14-24(28)29/h2-7,9-12,19,22H,8,13-18H2,1H3,(H,28,29). The van der Waals surface area contributed by atoms with E-state index in [0.29, 0.717) is 12.5 Å². The van der Waals surface area contributed by atoms with E-state index >= 15 is 0 Å². The van der Waals surface area contributed by atoms with Crippen LogP contribution in [0.2, 0.25) is 0 Å². The molecule has 1 saturated heterocycles. The van der Waals surface area contributed by atoms with Crippen molar-refractivity contribution in [2.75, 3.05) is 18.0 Å². The maximum absolute atomic E-state index is 13.0. The number of para-hydroxylation sites is 1. The van der Waals surface area contributed by atoms with Crippen LogP contribution in [0.3, 0.4) is 0 Å². The van der Waals surface area contributed by atoms with Crippen LogP contribution in [0, 0.1) is 0 Å². The van der Waals surface area contributed by atoms with E-state index in [-0.39, 0.29) is 24.8 Å². The number of likely N-dealkylation sites (tertiary alicyclic amines) is 1. The first-order valence-electron chi connectivity index (χ1n) is 10.4. The molecule has 0 aliphatic carbocycles. The monoisotopic (exact) mass is 394 g/mol. The molecule has 5 nitrogen and oxygen atoms in total. The fourth-order valence-corrected chi connectivity index (χ4v) is 4.13. The summed E-state index contributed by atoms with van der Waals surface area (Å²) >= 11 is 0. The van der Waals surface area contributed by atoms with Crippen molar-refractivity contribution in [2.45, 2.75) is 51.1 Å². The summed E-state index contributed by atoms with van der Waals surface area (Å²) in [6, 6.07) is 20.8. The minimum Gasteiger partial charge on any atom is -0.481 e. The Morgan fingerprint density at radius 1 is 1.00 bits per heavy atom. The highest BCUT2D eigenvalue weighted by Crippen LogP contribution is 2.29. The first-order chi connectivity index (χ1) is 14.1. The van der Waals surface area contributed by atoms with E-state index < -0.39 is 5.97 Å². The van der Waals surface area contributed by atoms with E-state index in [1.54, 1.807) is 0 Å². The Hall–Kier alpha value is -2.66. The smallest absolute Gasteiger partial charge is 0.303 e. The number of carbonyl (C=O) groups is 2. The molecular formula is C24H30N2O3. The summed E-state index contributed by atoms with van der Waals surface area (Å²) in [5, 5.41) is 8.88. The molecule has 0 spiro atoms. The van der Waals surface area contributed by atoms with Crippen LogP contribution >= 0.6 is 0 Å². The van der Waals surface area contributed by atoms with Crippen molar-refractivity contribution < 1.29 is 14.7 Å². The van der Waals surface area contributed by atoms with Gasteiger partial charge in [-0.1, -0.05) is 48.5 Å². The number of piperidine rings is 1. The number of carbonyl (C=O) groups excluding carboxylic acids is 1. The highest BCUT2D eigenvalue weighted by Gasteiger charge is 2.30. The maximum atomic E-state index is 13.0. The second-order valence-electron chi connectivity index (χ2n) is 7.70. The zero-order chi connectivity index (χ0) is 20.6.